The first-order valence-electron chi connectivity index (χ1n) is 7.97. The first-order valence-corrected chi connectivity index (χ1v) is 8.73. The number of carbonyl (C=O) groups excluding carboxylic acids is 1. The number of benzene rings is 1. The van der Waals surface area contributed by atoms with Gasteiger partial charge in [0.15, 0.2) is 0 Å². The molecule has 1 aromatic heterocycles. The molecule has 1 aliphatic rings. The van der Waals surface area contributed by atoms with E-state index in [0.717, 1.165) is 31.5 Å². The van der Waals surface area contributed by atoms with Gasteiger partial charge in [-0.1, -0.05) is 23.2 Å². The van der Waals surface area contributed by atoms with Gasteiger partial charge in [0, 0.05) is 23.0 Å². The third-order valence-corrected chi connectivity index (χ3v) is 4.63. The summed E-state index contributed by atoms with van der Waals surface area (Å²) in [6.07, 6.45) is 4.39. The van der Waals surface area contributed by atoms with Crippen molar-refractivity contribution in [3.63, 3.8) is 0 Å². The molecule has 2 aromatic rings. The number of carboxylic acid groups (broad SMARTS) is 1. The second kappa shape index (κ2) is 7.45. The number of hydrogen-bond donors (Lipinski definition) is 2. The predicted octanol–water partition coefficient (Wildman–Crippen LogP) is 2.95. The van der Waals surface area contributed by atoms with Crippen molar-refractivity contribution in [2.75, 3.05) is 0 Å². The third-order valence-electron chi connectivity index (χ3n) is 4.19. The highest BCUT2D eigenvalue weighted by molar-refractivity contribution is 6.34. The number of nitrogens with one attached hydrogen (secondary N) is 1. The molecule has 1 aromatic carbocycles. The summed E-state index contributed by atoms with van der Waals surface area (Å²) in [5.74, 6) is -1.55. The topological polar surface area (TPSA) is 84.2 Å². The molecule has 6 nitrogen and oxygen atoms in total. The van der Waals surface area contributed by atoms with Crippen LogP contribution in [-0.4, -0.2) is 32.8 Å². The number of halogens is 2. The van der Waals surface area contributed by atoms with Crippen LogP contribution in [0, 0.1) is 0 Å². The van der Waals surface area contributed by atoms with Crippen molar-refractivity contribution in [2.24, 2.45) is 0 Å². The fourth-order valence-corrected chi connectivity index (χ4v) is 3.58. The summed E-state index contributed by atoms with van der Waals surface area (Å²) >= 11 is 11.9. The number of carbonyl (C=O) groups is 2. The standard InChI is InChI=1S/C17H17Cl2N3O3/c18-11-5-10(6-12(19)8-11)7-14(17(24)25)21-16(23)13-9-20-22-4-2-1-3-15(13)22/h5-6,8-9,14H,1-4,7H2,(H,21,23)(H,24,25). The number of aryl methyl sites for hydroxylation is 1. The van der Waals surface area contributed by atoms with Gasteiger partial charge < -0.3 is 10.4 Å². The first-order chi connectivity index (χ1) is 11.9. The minimum absolute atomic E-state index is 0.0881. The number of aromatic nitrogens is 2. The Balaban J connectivity index is 1.76. The SMILES string of the molecule is O=C(NC(Cc1cc(Cl)cc(Cl)c1)C(=O)O)c1cnn2c1CCCC2. The van der Waals surface area contributed by atoms with Crippen molar-refractivity contribution in [2.45, 2.75) is 38.3 Å². The molecule has 0 spiro atoms. The van der Waals surface area contributed by atoms with E-state index < -0.39 is 17.9 Å². The highest BCUT2D eigenvalue weighted by Gasteiger charge is 2.25. The van der Waals surface area contributed by atoms with Crippen molar-refractivity contribution >= 4 is 35.1 Å². The van der Waals surface area contributed by atoms with Crippen molar-refractivity contribution in [1.82, 2.24) is 15.1 Å². The Hall–Kier alpha value is -2.05. The summed E-state index contributed by atoms with van der Waals surface area (Å²) in [6, 6.07) is 3.76. The van der Waals surface area contributed by atoms with E-state index in [0.29, 0.717) is 21.2 Å². The zero-order valence-electron chi connectivity index (χ0n) is 13.3. The summed E-state index contributed by atoms with van der Waals surface area (Å²) in [7, 11) is 0. The second-order valence-electron chi connectivity index (χ2n) is 6.03. The number of hydrogen-bond acceptors (Lipinski definition) is 3. The van der Waals surface area contributed by atoms with E-state index in [1.54, 1.807) is 18.2 Å². The molecule has 1 amide bonds. The average molecular weight is 382 g/mol. The number of nitrogens with zero attached hydrogens (tertiary/aromatic N) is 2. The van der Waals surface area contributed by atoms with E-state index in [1.165, 1.54) is 6.20 Å². The van der Waals surface area contributed by atoms with Crippen LogP contribution in [0.15, 0.2) is 24.4 Å². The van der Waals surface area contributed by atoms with Crippen LogP contribution in [0.5, 0.6) is 0 Å². The van der Waals surface area contributed by atoms with Gasteiger partial charge in [0.05, 0.1) is 17.5 Å². The summed E-state index contributed by atoms with van der Waals surface area (Å²) in [5.41, 5.74) is 1.94. The van der Waals surface area contributed by atoms with E-state index in [-0.39, 0.29) is 6.42 Å². The molecule has 1 atom stereocenters. The van der Waals surface area contributed by atoms with Gasteiger partial charge >= 0.3 is 5.97 Å². The van der Waals surface area contributed by atoms with Crippen LogP contribution in [-0.2, 0) is 24.2 Å². The van der Waals surface area contributed by atoms with Crippen molar-refractivity contribution < 1.29 is 14.7 Å². The van der Waals surface area contributed by atoms with Gasteiger partial charge in [0.25, 0.3) is 5.91 Å². The molecule has 8 heteroatoms. The van der Waals surface area contributed by atoms with Crippen LogP contribution >= 0.6 is 23.2 Å². The molecular formula is C17H17Cl2N3O3. The molecule has 0 saturated heterocycles. The minimum atomic E-state index is -1.12. The summed E-state index contributed by atoms with van der Waals surface area (Å²) in [5, 5.41) is 17.1. The lowest BCUT2D eigenvalue weighted by Crippen LogP contribution is -2.42. The molecule has 1 aliphatic heterocycles. The Morgan fingerprint density at radius 1 is 1.24 bits per heavy atom. The van der Waals surface area contributed by atoms with Gasteiger partial charge in [-0.25, -0.2) is 4.79 Å². The zero-order valence-corrected chi connectivity index (χ0v) is 14.8. The maximum absolute atomic E-state index is 12.5. The van der Waals surface area contributed by atoms with Gasteiger partial charge in [-0.3, -0.25) is 9.48 Å². The number of carboxylic acids is 1. The molecular weight excluding hydrogens is 365 g/mol. The largest absolute Gasteiger partial charge is 0.480 e. The van der Waals surface area contributed by atoms with Crippen LogP contribution in [0.4, 0.5) is 0 Å². The molecule has 0 fully saturated rings. The van der Waals surface area contributed by atoms with E-state index in [4.69, 9.17) is 23.2 Å². The maximum atomic E-state index is 12.5. The number of aliphatic carboxylic acids is 1. The normalized spacial score (nSPS) is 14.6. The number of rotatable bonds is 5. The van der Waals surface area contributed by atoms with Crippen molar-refractivity contribution in [3.05, 3.63) is 51.3 Å². The Bertz CT molecular complexity index is 799. The summed E-state index contributed by atoms with van der Waals surface area (Å²) < 4.78 is 1.81. The van der Waals surface area contributed by atoms with Crippen LogP contribution in [0.3, 0.4) is 0 Å². The zero-order chi connectivity index (χ0) is 18.0. The fraction of sp³-hybridized carbons (Fsp3) is 0.353. The average Bonchev–Trinajstić information content (AvgIpc) is 2.97. The quantitative estimate of drug-likeness (QED) is 0.833. The smallest absolute Gasteiger partial charge is 0.326 e. The Morgan fingerprint density at radius 3 is 2.64 bits per heavy atom. The molecule has 132 valence electrons. The third kappa shape index (κ3) is 4.14. The second-order valence-corrected chi connectivity index (χ2v) is 6.90. The van der Waals surface area contributed by atoms with Gasteiger partial charge in [0.1, 0.15) is 6.04 Å². The highest BCUT2D eigenvalue weighted by Crippen LogP contribution is 2.21. The van der Waals surface area contributed by atoms with Crippen LogP contribution in [0.25, 0.3) is 0 Å². The van der Waals surface area contributed by atoms with E-state index in [9.17, 15) is 14.7 Å². The lowest BCUT2D eigenvalue weighted by Gasteiger charge is -2.17. The monoisotopic (exact) mass is 381 g/mol. The molecule has 2 N–H and O–H groups in total. The van der Waals surface area contributed by atoms with E-state index in [2.05, 4.69) is 10.4 Å². The molecule has 0 aliphatic carbocycles. The van der Waals surface area contributed by atoms with Crippen molar-refractivity contribution in [1.29, 1.82) is 0 Å². The molecule has 0 bridgehead atoms. The summed E-state index contributed by atoms with van der Waals surface area (Å²) in [4.78, 5) is 24.1. The number of fused-ring (bicyclic) bond motifs is 1. The van der Waals surface area contributed by atoms with Crippen LogP contribution in [0.1, 0.15) is 34.5 Å². The van der Waals surface area contributed by atoms with Gasteiger partial charge in [-0.15, -0.1) is 0 Å². The first kappa shape index (κ1) is 17.8. The fourth-order valence-electron chi connectivity index (χ4n) is 3.01. The number of amides is 1. The molecule has 25 heavy (non-hydrogen) atoms. The van der Waals surface area contributed by atoms with Crippen LogP contribution < -0.4 is 5.32 Å². The van der Waals surface area contributed by atoms with E-state index in [1.807, 2.05) is 4.68 Å². The van der Waals surface area contributed by atoms with Crippen molar-refractivity contribution in [3.8, 4) is 0 Å². The molecule has 1 unspecified atom stereocenters. The van der Waals surface area contributed by atoms with Crippen LogP contribution in [0.2, 0.25) is 10.0 Å². The van der Waals surface area contributed by atoms with E-state index >= 15 is 0 Å². The van der Waals surface area contributed by atoms with Gasteiger partial charge in [0.2, 0.25) is 0 Å². The molecule has 2 heterocycles. The minimum Gasteiger partial charge on any atom is -0.480 e. The highest BCUT2D eigenvalue weighted by atomic mass is 35.5. The summed E-state index contributed by atoms with van der Waals surface area (Å²) in [6.45, 7) is 0.784. The Kier molecular flexibility index (Phi) is 5.30. The van der Waals surface area contributed by atoms with Gasteiger partial charge in [-0.2, -0.15) is 5.10 Å². The van der Waals surface area contributed by atoms with Gasteiger partial charge in [-0.05, 0) is 43.0 Å². The lowest BCUT2D eigenvalue weighted by atomic mass is 10.0. The lowest BCUT2D eigenvalue weighted by molar-refractivity contribution is -0.139. The Labute approximate surface area is 154 Å². The Morgan fingerprint density at radius 2 is 1.96 bits per heavy atom. The molecule has 0 saturated carbocycles. The maximum Gasteiger partial charge on any atom is 0.326 e. The molecule has 0 radical (unpaired) electrons. The molecule has 3 rings (SSSR count). The predicted molar refractivity (Wildman–Crippen MR) is 94.2 cm³/mol.